The van der Waals surface area contributed by atoms with Gasteiger partial charge in [-0.25, -0.2) is 13.2 Å². The highest BCUT2D eigenvalue weighted by Crippen LogP contribution is 2.21. The molecule has 5 heteroatoms. The molecule has 0 saturated carbocycles. The first kappa shape index (κ1) is 13.8. The fourth-order valence-electron chi connectivity index (χ4n) is 1.67. The zero-order valence-corrected chi connectivity index (χ0v) is 11.4. The first-order valence-corrected chi connectivity index (χ1v) is 6.14. The highest BCUT2D eigenvalue weighted by molar-refractivity contribution is 9.10. The van der Waals surface area contributed by atoms with Crippen molar-refractivity contribution in [1.29, 1.82) is 0 Å². The number of hydrogen-bond acceptors (Lipinski definition) is 1. The lowest BCUT2D eigenvalue weighted by molar-refractivity contribution is 0.103. The number of benzene rings is 2. The van der Waals surface area contributed by atoms with Gasteiger partial charge in [0.15, 0.2) is 5.78 Å². The van der Waals surface area contributed by atoms with Gasteiger partial charge < -0.3 is 0 Å². The molecule has 0 amide bonds. The minimum absolute atomic E-state index is 0.00298. The summed E-state index contributed by atoms with van der Waals surface area (Å²) in [5.74, 6) is -3.00. The number of carbonyl (C=O) groups is 1. The minimum Gasteiger partial charge on any atom is -0.288 e. The topological polar surface area (TPSA) is 17.1 Å². The van der Waals surface area contributed by atoms with E-state index in [0.717, 1.165) is 12.1 Å². The molecule has 0 bridgehead atoms. The first-order chi connectivity index (χ1) is 8.88. The third-order valence-corrected chi connectivity index (χ3v) is 3.08. The van der Waals surface area contributed by atoms with Crippen molar-refractivity contribution in [1.82, 2.24) is 0 Å². The largest absolute Gasteiger partial charge is 0.288 e. The Morgan fingerprint density at radius 2 is 1.68 bits per heavy atom. The Morgan fingerprint density at radius 1 is 1.00 bits per heavy atom. The van der Waals surface area contributed by atoms with Gasteiger partial charge in [-0.3, -0.25) is 4.79 Å². The van der Waals surface area contributed by atoms with E-state index < -0.39 is 23.2 Å². The molecule has 0 N–H and O–H groups in total. The number of aryl methyl sites for hydroxylation is 1. The average molecular weight is 329 g/mol. The molecule has 0 aliphatic rings. The van der Waals surface area contributed by atoms with E-state index in [-0.39, 0.29) is 16.7 Å². The summed E-state index contributed by atoms with van der Waals surface area (Å²) in [4.78, 5) is 12.1. The Hall–Kier alpha value is -1.62. The van der Waals surface area contributed by atoms with Crippen LogP contribution in [0.15, 0.2) is 34.8 Å². The molecule has 0 spiro atoms. The second-order valence-corrected chi connectivity index (χ2v) is 4.98. The second kappa shape index (κ2) is 5.17. The highest BCUT2D eigenvalue weighted by atomic mass is 79.9. The van der Waals surface area contributed by atoms with Gasteiger partial charge in [-0.15, -0.1) is 0 Å². The van der Waals surface area contributed by atoms with Crippen LogP contribution >= 0.6 is 15.9 Å². The minimum atomic E-state index is -0.964. The molecule has 19 heavy (non-hydrogen) atoms. The van der Waals surface area contributed by atoms with Gasteiger partial charge in [0, 0.05) is 16.1 Å². The van der Waals surface area contributed by atoms with Gasteiger partial charge in [0.1, 0.15) is 17.5 Å². The fourth-order valence-corrected chi connectivity index (χ4v) is 2.14. The van der Waals surface area contributed by atoms with Crippen LogP contribution < -0.4 is 0 Å². The van der Waals surface area contributed by atoms with E-state index in [9.17, 15) is 18.0 Å². The lowest BCUT2D eigenvalue weighted by atomic mass is 10.0. The Balaban J connectivity index is 2.53. The summed E-state index contributed by atoms with van der Waals surface area (Å²) in [7, 11) is 0. The summed E-state index contributed by atoms with van der Waals surface area (Å²) in [5, 5.41) is 0. The zero-order valence-electron chi connectivity index (χ0n) is 9.81. The number of rotatable bonds is 2. The van der Waals surface area contributed by atoms with E-state index in [4.69, 9.17) is 0 Å². The normalized spacial score (nSPS) is 10.6. The summed E-state index contributed by atoms with van der Waals surface area (Å²) < 4.78 is 40.3. The SMILES string of the molecule is Cc1cc(C(=O)c2cc(F)cc(Br)c2)c(F)cc1F. The Morgan fingerprint density at radius 3 is 2.32 bits per heavy atom. The zero-order chi connectivity index (χ0) is 14.2. The predicted octanol–water partition coefficient (Wildman–Crippen LogP) is 4.41. The maximum atomic E-state index is 13.6. The van der Waals surface area contributed by atoms with Crippen LogP contribution in [-0.4, -0.2) is 5.78 Å². The van der Waals surface area contributed by atoms with E-state index in [1.807, 2.05) is 0 Å². The summed E-state index contributed by atoms with van der Waals surface area (Å²) in [5.41, 5.74) is -0.131. The van der Waals surface area contributed by atoms with E-state index in [2.05, 4.69) is 15.9 Å². The van der Waals surface area contributed by atoms with Crippen molar-refractivity contribution in [3.05, 3.63) is 68.9 Å². The summed E-state index contributed by atoms with van der Waals surface area (Å²) in [6, 6.07) is 5.33. The van der Waals surface area contributed by atoms with Crippen LogP contribution in [0.3, 0.4) is 0 Å². The molecule has 0 fully saturated rings. The molecular weight excluding hydrogens is 321 g/mol. The van der Waals surface area contributed by atoms with Gasteiger partial charge >= 0.3 is 0 Å². The first-order valence-electron chi connectivity index (χ1n) is 5.35. The summed E-state index contributed by atoms with van der Waals surface area (Å²) in [6.07, 6.45) is 0. The molecular formula is C14H8BrF3O. The number of ketones is 1. The average Bonchev–Trinajstić information content (AvgIpc) is 2.31. The Labute approximate surface area is 116 Å². The van der Waals surface area contributed by atoms with Gasteiger partial charge in [0.05, 0.1) is 5.56 Å². The number of hydrogen-bond donors (Lipinski definition) is 0. The van der Waals surface area contributed by atoms with Crippen molar-refractivity contribution in [2.24, 2.45) is 0 Å². The van der Waals surface area contributed by atoms with Crippen LogP contribution in [0.2, 0.25) is 0 Å². The molecule has 0 aromatic heterocycles. The molecule has 98 valence electrons. The van der Waals surface area contributed by atoms with E-state index in [1.165, 1.54) is 19.1 Å². The lowest BCUT2D eigenvalue weighted by Crippen LogP contribution is -2.06. The number of halogens is 4. The van der Waals surface area contributed by atoms with E-state index in [1.54, 1.807) is 0 Å². The maximum Gasteiger partial charge on any atom is 0.196 e. The molecule has 0 atom stereocenters. The quantitative estimate of drug-likeness (QED) is 0.746. The third-order valence-electron chi connectivity index (χ3n) is 2.62. The van der Waals surface area contributed by atoms with Crippen molar-refractivity contribution in [3.63, 3.8) is 0 Å². The van der Waals surface area contributed by atoms with Crippen LogP contribution in [0.5, 0.6) is 0 Å². The molecule has 2 aromatic carbocycles. The van der Waals surface area contributed by atoms with E-state index >= 15 is 0 Å². The van der Waals surface area contributed by atoms with Gasteiger partial charge in [-0.1, -0.05) is 15.9 Å². The van der Waals surface area contributed by atoms with Crippen LogP contribution in [0.4, 0.5) is 13.2 Å². The van der Waals surface area contributed by atoms with Gasteiger partial charge in [0.2, 0.25) is 0 Å². The third kappa shape index (κ3) is 2.87. The van der Waals surface area contributed by atoms with Crippen LogP contribution in [0.25, 0.3) is 0 Å². The Bertz CT molecular complexity index is 648. The van der Waals surface area contributed by atoms with Crippen LogP contribution in [-0.2, 0) is 0 Å². The van der Waals surface area contributed by atoms with Crippen molar-refractivity contribution in [2.45, 2.75) is 6.92 Å². The molecule has 0 heterocycles. The fraction of sp³-hybridized carbons (Fsp3) is 0.0714. The predicted molar refractivity (Wildman–Crippen MR) is 68.6 cm³/mol. The van der Waals surface area contributed by atoms with Gasteiger partial charge in [-0.05, 0) is 36.8 Å². The lowest BCUT2D eigenvalue weighted by Gasteiger charge is -2.06. The van der Waals surface area contributed by atoms with Gasteiger partial charge in [0.25, 0.3) is 0 Å². The summed E-state index contributed by atoms with van der Waals surface area (Å²) >= 11 is 3.05. The van der Waals surface area contributed by atoms with E-state index in [0.29, 0.717) is 10.5 Å². The number of carbonyl (C=O) groups excluding carboxylic acids is 1. The standard InChI is InChI=1S/C14H8BrF3O/c1-7-2-11(13(18)6-12(7)17)14(19)8-3-9(15)5-10(16)4-8/h2-6H,1H3. The monoisotopic (exact) mass is 328 g/mol. The Kier molecular flexibility index (Phi) is 3.75. The van der Waals surface area contributed by atoms with Crippen molar-refractivity contribution >= 4 is 21.7 Å². The second-order valence-electron chi connectivity index (χ2n) is 4.07. The molecule has 0 aliphatic heterocycles. The molecule has 2 aromatic rings. The molecule has 0 aliphatic carbocycles. The van der Waals surface area contributed by atoms with Crippen molar-refractivity contribution in [3.8, 4) is 0 Å². The molecule has 0 saturated heterocycles. The van der Waals surface area contributed by atoms with Gasteiger partial charge in [-0.2, -0.15) is 0 Å². The molecule has 2 rings (SSSR count). The molecule has 0 unspecified atom stereocenters. The highest BCUT2D eigenvalue weighted by Gasteiger charge is 2.17. The van der Waals surface area contributed by atoms with Crippen LogP contribution in [0, 0.1) is 24.4 Å². The molecule has 1 nitrogen and oxygen atoms in total. The summed E-state index contributed by atoms with van der Waals surface area (Å²) in [6.45, 7) is 1.42. The van der Waals surface area contributed by atoms with Crippen LogP contribution in [0.1, 0.15) is 21.5 Å². The van der Waals surface area contributed by atoms with Crippen molar-refractivity contribution in [2.75, 3.05) is 0 Å². The smallest absolute Gasteiger partial charge is 0.196 e. The molecule has 0 radical (unpaired) electrons. The maximum absolute atomic E-state index is 13.6. The van der Waals surface area contributed by atoms with Crippen molar-refractivity contribution < 1.29 is 18.0 Å².